The van der Waals surface area contributed by atoms with Crippen molar-refractivity contribution in [3.05, 3.63) is 0 Å². The fourth-order valence-electron chi connectivity index (χ4n) is 0.472. The third-order valence-corrected chi connectivity index (χ3v) is 1.08. The van der Waals surface area contributed by atoms with Crippen LogP contribution in [0.25, 0.3) is 0 Å². The second-order valence-corrected chi connectivity index (χ2v) is 1.82. The van der Waals surface area contributed by atoms with Gasteiger partial charge in [-0.2, -0.15) is 5.26 Å². The van der Waals surface area contributed by atoms with Crippen LogP contribution in [0.2, 0.25) is 0 Å². The molecule has 0 aliphatic rings. The third-order valence-electron chi connectivity index (χ3n) is 1.08. The number of hydrogen-bond donors (Lipinski definition) is 1. The molecule has 0 saturated carbocycles. The molecule has 0 aromatic heterocycles. The summed E-state index contributed by atoms with van der Waals surface area (Å²) in [6.45, 7) is 4.27. The van der Waals surface area contributed by atoms with Crippen LogP contribution >= 0.6 is 0 Å². The summed E-state index contributed by atoms with van der Waals surface area (Å²) in [5.41, 5.74) is 5.32. The fraction of sp³-hybridized carbons (Fsp3) is 0.833. The molecule has 0 fully saturated rings. The zero-order valence-corrected chi connectivity index (χ0v) is 5.79. The van der Waals surface area contributed by atoms with E-state index in [1.165, 1.54) is 0 Å². The highest BCUT2D eigenvalue weighted by atomic mass is 16.5. The lowest BCUT2D eigenvalue weighted by atomic mass is 10.2. The third kappa shape index (κ3) is 3.07. The van der Waals surface area contributed by atoms with Crippen molar-refractivity contribution in [3.63, 3.8) is 0 Å². The zero-order chi connectivity index (χ0) is 7.28. The lowest BCUT2D eigenvalue weighted by Gasteiger charge is -2.11. The molecule has 0 aliphatic carbocycles. The molecule has 0 saturated heterocycles. The highest BCUT2D eigenvalue weighted by Gasteiger charge is 2.09. The summed E-state index contributed by atoms with van der Waals surface area (Å²) >= 11 is 0. The summed E-state index contributed by atoms with van der Waals surface area (Å²) in [5.74, 6) is 0. The average molecular weight is 128 g/mol. The van der Waals surface area contributed by atoms with Crippen molar-refractivity contribution >= 4 is 0 Å². The Morgan fingerprint density at radius 2 is 2.33 bits per heavy atom. The predicted molar refractivity (Wildman–Crippen MR) is 34.7 cm³/mol. The van der Waals surface area contributed by atoms with Gasteiger partial charge in [-0.05, 0) is 13.8 Å². The lowest BCUT2D eigenvalue weighted by Crippen LogP contribution is -2.32. The normalized spacial score (nSPS) is 16.2. The molecule has 3 heteroatoms. The van der Waals surface area contributed by atoms with E-state index in [9.17, 15) is 0 Å². The molecule has 0 radical (unpaired) electrons. The Morgan fingerprint density at radius 1 is 1.78 bits per heavy atom. The minimum atomic E-state index is -0.495. The van der Waals surface area contributed by atoms with Crippen molar-refractivity contribution in [2.24, 2.45) is 5.73 Å². The molecule has 2 N–H and O–H groups in total. The van der Waals surface area contributed by atoms with Crippen molar-refractivity contribution in [1.29, 1.82) is 5.26 Å². The quantitative estimate of drug-likeness (QED) is 0.593. The van der Waals surface area contributed by atoms with Crippen LogP contribution in [-0.4, -0.2) is 18.8 Å². The topological polar surface area (TPSA) is 59.0 Å². The number of nitrogens with two attached hydrogens (primary N) is 1. The van der Waals surface area contributed by atoms with Gasteiger partial charge in [0.2, 0.25) is 0 Å². The largest absolute Gasteiger partial charge is 0.376 e. The highest BCUT2D eigenvalue weighted by molar-refractivity contribution is 4.90. The van der Waals surface area contributed by atoms with Gasteiger partial charge in [-0.1, -0.05) is 0 Å². The summed E-state index contributed by atoms with van der Waals surface area (Å²) in [6.07, 6.45) is -0.153. The van der Waals surface area contributed by atoms with Gasteiger partial charge in [-0.25, -0.2) is 0 Å². The molecular weight excluding hydrogens is 116 g/mol. The Kier molecular flexibility index (Phi) is 4.02. The standard InChI is InChI=1S/C6H12N2O/c1-3-9-5(2)6(8)4-7/h5-6H,3,8H2,1-2H3. The van der Waals surface area contributed by atoms with Gasteiger partial charge < -0.3 is 10.5 Å². The van der Waals surface area contributed by atoms with Crippen LogP contribution in [0, 0.1) is 11.3 Å². The second kappa shape index (κ2) is 4.30. The summed E-state index contributed by atoms with van der Waals surface area (Å²) < 4.78 is 5.05. The van der Waals surface area contributed by atoms with Crippen molar-refractivity contribution < 1.29 is 4.74 Å². The SMILES string of the molecule is CCOC(C)C(N)C#N. The number of hydrogen-bond acceptors (Lipinski definition) is 3. The van der Waals surface area contributed by atoms with E-state index in [1.54, 1.807) is 6.92 Å². The maximum atomic E-state index is 8.28. The first-order chi connectivity index (χ1) is 4.22. The molecule has 2 atom stereocenters. The number of rotatable bonds is 3. The first kappa shape index (κ1) is 8.41. The van der Waals surface area contributed by atoms with Crippen LogP contribution in [0.5, 0.6) is 0 Å². The van der Waals surface area contributed by atoms with Crippen LogP contribution < -0.4 is 5.73 Å². The Balaban J connectivity index is 3.48. The van der Waals surface area contributed by atoms with Crippen LogP contribution in [0.3, 0.4) is 0 Å². The van der Waals surface area contributed by atoms with E-state index in [2.05, 4.69) is 0 Å². The van der Waals surface area contributed by atoms with Crippen molar-refractivity contribution in [1.82, 2.24) is 0 Å². The van der Waals surface area contributed by atoms with Gasteiger partial charge in [0.25, 0.3) is 0 Å². The van der Waals surface area contributed by atoms with E-state index >= 15 is 0 Å². The van der Waals surface area contributed by atoms with Crippen molar-refractivity contribution in [3.8, 4) is 6.07 Å². The predicted octanol–water partition coefficient (Wildman–Crippen LogP) is 0.262. The second-order valence-electron chi connectivity index (χ2n) is 1.82. The van der Waals surface area contributed by atoms with Gasteiger partial charge in [0.05, 0.1) is 12.2 Å². The summed E-state index contributed by atoms with van der Waals surface area (Å²) in [6, 6.07) is 1.41. The van der Waals surface area contributed by atoms with Crippen LogP contribution in [0.4, 0.5) is 0 Å². The van der Waals surface area contributed by atoms with E-state index in [1.807, 2.05) is 13.0 Å². The van der Waals surface area contributed by atoms with E-state index in [-0.39, 0.29) is 6.10 Å². The van der Waals surface area contributed by atoms with E-state index in [0.29, 0.717) is 6.61 Å². The Bertz CT molecular complexity index is 108. The highest BCUT2D eigenvalue weighted by Crippen LogP contribution is 1.93. The molecule has 3 nitrogen and oxygen atoms in total. The first-order valence-electron chi connectivity index (χ1n) is 2.99. The van der Waals surface area contributed by atoms with Crippen LogP contribution in [0.15, 0.2) is 0 Å². The van der Waals surface area contributed by atoms with Crippen LogP contribution in [-0.2, 0) is 4.74 Å². The van der Waals surface area contributed by atoms with E-state index < -0.39 is 6.04 Å². The number of ether oxygens (including phenoxy) is 1. The monoisotopic (exact) mass is 128 g/mol. The van der Waals surface area contributed by atoms with Crippen LogP contribution in [0.1, 0.15) is 13.8 Å². The summed E-state index contributed by atoms with van der Waals surface area (Å²) in [5, 5.41) is 8.28. The molecule has 0 aromatic rings. The van der Waals surface area contributed by atoms with Gasteiger partial charge in [0, 0.05) is 6.61 Å². The Hall–Kier alpha value is -0.590. The molecule has 0 aromatic carbocycles. The molecule has 0 rings (SSSR count). The average Bonchev–Trinajstić information content (AvgIpc) is 1.87. The van der Waals surface area contributed by atoms with Gasteiger partial charge >= 0.3 is 0 Å². The molecule has 9 heavy (non-hydrogen) atoms. The summed E-state index contributed by atoms with van der Waals surface area (Å²) in [4.78, 5) is 0. The summed E-state index contributed by atoms with van der Waals surface area (Å²) in [7, 11) is 0. The molecule has 0 amide bonds. The lowest BCUT2D eigenvalue weighted by molar-refractivity contribution is 0.0693. The van der Waals surface area contributed by atoms with E-state index in [4.69, 9.17) is 15.7 Å². The maximum Gasteiger partial charge on any atom is 0.119 e. The molecule has 0 aliphatic heterocycles. The number of nitrogens with zero attached hydrogens (tertiary/aromatic N) is 1. The Labute approximate surface area is 55.4 Å². The van der Waals surface area contributed by atoms with Gasteiger partial charge in [-0.15, -0.1) is 0 Å². The molecule has 0 spiro atoms. The molecule has 0 heterocycles. The van der Waals surface area contributed by atoms with Gasteiger partial charge in [0.15, 0.2) is 0 Å². The van der Waals surface area contributed by atoms with Gasteiger partial charge in [-0.3, -0.25) is 0 Å². The van der Waals surface area contributed by atoms with Crippen molar-refractivity contribution in [2.75, 3.05) is 6.61 Å². The molecule has 2 unspecified atom stereocenters. The van der Waals surface area contributed by atoms with E-state index in [0.717, 1.165) is 0 Å². The Morgan fingerprint density at radius 3 is 2.67 bits per heavy atom. The first-order valence-corrected chi connectivity index (χ1v) is 2.99. The fourth-order valence-corrected chi connectivity index (χ4v) is 0.472. The maximum absolute atomic E-state index is 8.28. The molecular formula is C6H12N2O. The minimum absolute atomic E-state index is 0.153. The molecule has 0 bridgehead atoms. The smallest absolute Gasteiger partial charge is 0.119 e. The minimum Gasteiger partial charge on any atom is -0.376 e. The molecule has 52 valence electrons. The number of nitriles is 1. The van der Waals surface area contributed by atoms with Gasteiger partial charge in [0.1, 0.15) is 6.04 Å². The zero-order valence-electron chi connectivity index (χ0n) is 5.79. The van der Waals surface area contributed by atoms with Crippen molar-refractivity contribution in [2.45, 2.75) is 26.0 Å².